The second-order valence-corrected chi connectivity index (χ2v) is 6.64. The van der Waals surface area contributed by atoms with Gasteiger partial charge in [-0.2, -0.15) is 0 Å². The number of nitrogens with one attached hydrogen (secondary N) is 1. The number of thiophene rings is 1. The smallest absolute Gasteiger partial charge is 0.0826 e. The summed E-state index contributed by atoms with van der Waals surface area (Å²) in [4.78, 5) is 3.67. The van der Waals surface area contributed by atoms with Gasteiger partial charge in [-0.1, -0.05) is 0 Å². The lowest BCUT2D eigenvalue weighted by molar-refractivity contribution is -0.0181. The maximum absolute atomic E-state index is 5.68. The lowest BCUT2D eigenvalue weighted by Crippen LogP contribution is -2.44. The van der Waals surface area contributed by atoms with Crippen molar-refractivity contribution in [2.75, 3.05) is 33.3 Å². The first-order chi connectivity index (χ1) is 7.74. The van der Waals surface area contributed by atoms with Crippen LogP contribution in [0.25, 0.3) is 0 Å². The number of likely N-dealkylation sites (N-methyl/N-ethyl adjacent to an activating group) is 1. The van der Waals surface area contributed by atoms with E-state index in [0.29, 0.717) is 6.10 Å². The summed E-state index contributed by atoms with van der Waals surface area (Å²) >= 11 is 5.25. The molecule has 1 atom stereocenters. The van der Waals surface area contributed by atoms with E-state index in [1.165, 1.54) is 8.66 Å². The molecule has 0 saturated carbocycles. The molecule has 0 bridgehead atoms. The Balaban J connectivity index is 1.67. The quantitative estimate of drug-likeness (QED) is 0.920. The van der Waals surface area contributed by atoms with Crippen molar-refractivity contribution in [1.82, 2.24) is 10.2 Å². The van der Waals surface area contributed by atoms with E-state index >= 15 is 0 Å². The van der Waals surface area contributed by atoms with Gasteiger partial charge in [0, 0.05) is 31.1 Å². The SMILES string of the molecule is CN1CCO[C@@H](CNCc2ccc(Br)s2)C1. The van der Waals surface area contributed by atoms with E-state index in [1.54, 1.807) is 11.3 Å². The van der Waals surface area contributed by atoms with Gasteiger partial charge in [-0.3, -0.25) is 0 Å². The molecule has 1 aromatic rings. The molecule has 90 valence electrons. The van der Waals surface area contributed by atoms with Crippen molar-refractivity contribution in [3.8, 4) is 0 Å². The number of rotatable bonds is 4. The first kappa shape index (κ1) is 12.5. The minimum absolute atomic E-state index is 0.335. The van der Waals surface area contributed by atoms with Gasteiger partial charge in [0.1, 0.15) is 0 Å². The Morgan fingerprint density at radius 3 is 3.19 bits per heavy atom. The summed E-state index contributed by atoms with van der Waals surface area (Å²) in [5, 5.41) is 3.44. The zero-order valence-corrected chi connectivity index (χ0v) is 11.8. The Bertz CT molecular complexity index is 332. The summed E-state index contributed by atoms with van der Waals surface area (Å²) in [5.74, 6) is 0. The molecule has 16 heavy (non-hydrogen) atoms. The number of nitrogens with zero attached hydrogens (tertiary/aromatic N) is 1. The van der Waals surface area contributed by atoms with Crippen LogP contribution in [0.5, 0.6) is 0 Å². The Morgan fingerprint density at radius 2 is 2.50 bits per heavy atom. The van der Waals surface area contributed by atoms with Gasteiger partial charge >= 0.3 is 0 Å². The summed E-state index contributed by atoms with van der Waals surface area (Å²) in [6.07, 6.45) is 0.335. The van der Waals surface area contributed by atoms with Gasteiger partial charge in [0.25, 0.3) is 0 Å². The Kier molecular flexibility index (Phi) is 4.79. The Labute approximate surface area is 109 Å². The predicted molar refractivity (Wildman–Crippen MR) is 71.0 cm³/mol. The largest absolute Gasteiger partial charge is 0.374 e. The molecule has 5 heteroatoms. The lowest BCUT2D eigenvalue weighted by Gasteiger charge is -2.30. The number of hydrogen-bond donors (Lipinski definition) is 1. The first-order valence-electron chi connectivity index (χ1n) is 5.49. The zero-order chi connectivity index (χ0) is 11.4. The predicted octanol–water partition coefficient (Wildman–Crippen LogP) is 1.93. The fourth-order valence-corrected chi connectivity index (χ4v) is 3.25. The van der Waals surface area contributed by atoms with Crippen LogP contribution in [0.4, 0.5) is 0 Å². The molecule has 0 radical (unpaired) electrons. The molecule has 1 aromatic heterocycles. The molecular weight excluding hydrogens is 288 g/mol. The molecule has 0 unspecified atom stereocenters. The molecule has 0 amide bonds. The molecule has 0 spiro atoms. The summed E-state index contributed by atoms with van der Waals surface area (Å²) in [7, 11) is 2.14. The number of halogens is 1. The summed E-state index contributed by atoms with van der Waals surface area (Å²) in [5.41, 5.74) is 0. The number of morpholine rings is 1. The molecule has 1 N–H and O–H groups in total. The highest BCUT2D eigenvalue weighted by Crippen LogP contribution is 2.21. The minimum atomic E-state index is 0.335. The molecule has 2 heterocycles. The van der Waals surface area contributed by atoms with Crippen LogP contribution in [0, 0.1) is 0 Å². The van der Waals surface area contributed by atoms with E-state index < -0.39 is 0 Å². The van der Waals surface area contributed by atoms with E-state index in [-0.39, 0.29) is 0 Å². The monoisotopic (exact) mass is 304 g/mol. The van der Waals surface area contributed by atoms with Crippen LogP contribution in [0.2, 0.25) is 0 Å². The molecule has 0 aromatic carbocycles. The molecule has 1 saturated heterocycles. The van der Waals surface area contributed by atoms with Crippen molar-refractivity contribution in [3.05, 3.63) is 20.8 Å². The standard InChI is InChI=1S/C11H17BrN2OS/c1-14-4-5-15-9(8-14)6-13-7-10-2-3-11(12)16-10/h2-3,9,13H,4-8H2,1H3/t9-/m0/s1. The van der Waals surface area contributed by atoms with Gasteiger partial charge in [-0.15, -0.1) is 11.3 Å². The second kappa shape index (κ2) is 6.12. The van der Waals surface area contributed by atoms with Gasteiger partial charge in [-0.05, 0) is 35.1 Å². The van der Waals surface area contributed by atoms with E-state index in [4.69, 9.17) is 4.74 Å². The van der Waals surface area contributed by atoms with E-state index in [0.717, 1.165) is 32.8 Å². The van der Waals surface area contributed by atoms with Gasteiger partial charge in [0.05, 0.1) is 16.5 Å². The van der Waals surface area contributed by atoms with Crippen molar-refractivity contribution in [1.29, 1.82) is 0 Å². The fourth-order valence-electron chi connectivity index (χ4n) is 1.79. The summed E-state index contributed by atoms with van der Waals surface area (Å²) < 4.78 is 6.87. The van der Waals surface area contributed by atoms with Crippen molar-refractivity contribution in [2.24, 2.45) is 0 Å². The van der Waals surface area contributed by atoms with Crippen molar-refractivity contribution >= 4 is 27.3 Å². The summed E-state index contributed by atoms with van der Waals surface area (Å²) in [6, 6.07) is 4.24. The third kappa shape index (κ3) is 3.82. The van der Waals surface area contributed by atoms with Gasteiger partial charge in [0.15, 0.2) is 0 Å². The third-order valence-corrected chi connectivity index (χ3v) is 4.27. The molecule has 0 aliphatic carbocycles. The maximum Gasteiger partial charge on any atom is 0.0826 e. The van der Waals surface area contributed by atoms with Crippen LogP contribution in [-0.2, 0) is 11.3 Å². The van der Waals surface area contributed by atoms with Crippen LogP contribution < -0.4 is 5.32 Å². The van der Waals surface area contributed by atoms with Gasteiger partial charge in [-0.25, -0.2) is 0 Å². The Morgan fingerprint density at radius 1 is 1.62 bits per heavy atom. The van der Waals surface area contributed by atoms with Crippen LogP contribution in [0.1, 0.15) is 4.88 Å². The van der Waals surface area contributed by atoms with Crippen LogP contribution >= 0.6 is 27.3 Å². The Hall–Kier alpha value is 0.0600. The van der Waals surface area contributed by atoms with Crippen molar-refractivity contribution in [2.45, 2.75) is 12.6 Å². The highest BCUT2D eigenvalue weighted by molar-refractivity contribution is 9.11. The van der Waals surface area contributed by atoms with E-state index in [2.05, 4.69) is 45.3 Å². The molecule has 3 nitrogen and oxygen atoms in total. The van der Waals surface area contributed by atoms with Crippen molar-refractivity contribution < 1.29 is 4.74 Å². The molecular formula is C11H17BrN2OS. The average Bonchev–Trinajstić information content (AvgIpc) is 2.64. The normalized spacial score (nSPS) is 22.5. The topological polar surface area (TPSA) is 24.5 Å². The fraction of sp³-hybridized carbons (Fsp3) is 0.636. The zero-order valence-electron chi connectivity index (χ0n) is 9.41. The lowest BCUT2D eigenvalue weighted by atomic mass is 10.3. The highest BCUT2D eigenvalue weighted by Gasteiger charge is 2.16. The average molecular weight is 305 g/mol. The number of ether oxygens (including phenoxy) is 1. The second-order valence-electron chi connectivity index (χ2n) is 4.09. The minimum Gasteiger partial charge on any atom is -0.374 e. The summed E-state index contributed by atoms with van der Waals surface area (Å²) in [6.45, 7) is 4.79. The third-order valence-electron chi connectivity index (χ3n) is 2.64. The molecule has 2 rings (SSSR count). The van der Waals surface area contributed by atoms with Crippen LogP contribution in [-0.4, -0.2) is 44.3 Å². The van der Waals surface area contributed by atoms with Crippen molar-refractivity contribution in [3.63, 3.8) is 0 Å². The van der Waals surface area contributed by atoms with Gasteiger partial charge in [0.2, 0.25) is 0 Å². The molecule has 1 fully saturated rings. The van der Waals surface area contributed by atoms with Crippen LogP contribution in [0.15, 0.2) is 15.9 Å². The number of hydrogen-bond acceptors (Lipinski definition) is 4. The first-order valence-corrected chi connectivity index (χ1v) is 7.10. The maximum atomic E-state index is 5.68. The molecule has 1 aliphatic rings. The van der Waals surface area contributed by atoms with E-state index in [1.807, 2.05) is 0 Å². The van der Waals surface area contributed by atoms with E-state index in [9.17, 15) is 0 Å². The van der Waals surface area contributed by atoms with Crippen LogP contribution in [0.3, 0.4) is 0 Å². The highest BCUT2D eigenvalue weighted by atomic mass is 79.9. The van der Waals surface area contributed by atoms with Gasteiger partial charge < -0.3 is 15.0 Å². The molecule has 1 aliphatic heterocycles.